The van der Waals surface area contributed by atoms with Gasteiger partial charge in [-0.15, -0.1) is 0 Å². The monoisotopic (exact) mass is 308 g/mol. The molecule has 0 heterocycles. The van der Waals surface area contributed by atoms with Crippen LogP contribution in [0.3, 0.4) is 0 Å². The quantitative estimate of drug-likeness (QED) is 0.585. The molecule has 0 heteroatoms. The van der Waals surface area contributed by atoms with Crippen molar-refractivity contribution in [2.24, 2.45) is 0 Å². The molecule has 0 amide bonds. The number of benzene rings is 2. The van der Waals surface area contributed by atoms with E-state index in [-0.39, 0.29) is 16.2 Å². The zero-order chi connectivity index (χ0) is 17.5. The predicted octanol–water partition coefficient (Wildman–Crippen LogP) is 6.61. The third kappa shape index (κ3) is 3.52. The molecule has 0 aliphatic carbocycles. The second-order valence-electron chi connectivity index (χ2n) is 9.22. The van der Waals surface area contributed by atoms with E-state index >= 15 is 0 Å². The van der Waals surface area contributed by atoms with Crippen LogP contribution in [-0.2, 0) is 16.2 Å². The van der Waals surface area contributed by atoms with E-state index in [1.807, 2.05) is 0 Å². The van der Waals surface area contributed by atoms with Gasteiger partial charge in [-0.1, -0.05) is 104 Å². The molecular formula is C23H32. The summed E-state index contributed by atoms with van der Waals surface area (Å²) in [6, 6.07) is 17.9. The van der Waals surface area contributed by atoms with Crippen molar-refractivity contribution in [3.8, 4) is 0 Å². The summed E-state index contributed by atoms with van der Waals surface area (Å²) in [6.07, 6.45) is 0. The molecule has 2 aromatic carbocycles. The first-order valence-corrected chi connectivity index (χ1v) is 8.65. The molecule has 0 saturated carbocycles. The summed E-state index contributed by atoms with van der Waals surface area (Å²) >= 11 is 0. The number of hydrogen-bond donors (Lipinski definition) is 0. The van der Waals surface area contributed by atoms with E-state index in [9.17, 15) is 0 Å². The van der Waals surface area contributed by atoms with Gasteiger partial charge in [-0.2, -0.15) is 0 Å². The molecule has 2 rings (SSSR count). The Kier molecular flexibility index (Phi) is 4.50. The van der Waals surface area contributed by atoms with Gasteiger partial charge in [-0.25, -0.2) is 0 Å². The van der Waals surface area contributed by atoms with Crippen LogP contribution in [0.15, 0.2) is 48.5 Å². The van der Waals surface area contributed by atoms with E-state index < -0.39 is 0 Å². The summed E-state index contributed by atoms with van der Waals surface area (Å²) in [6.45, 7) is 18.5. The molecule has 0 fully saturated rings. The first-order chi connectivity index (χ1) is 10.5. The van der Waals surface area contributed by atoms with Crippen molar-refractivity contribution in [1.82, 2.24) is 0 Å². The van der Waals surface area contributed by atoms with Crippen LogP contribution in [0.25, 0.3) is 0 Å². The Morgan fingerprint density at radius 3 is 0.957 bits per heavy atom. The SMILES string of the molecule is CC(C)(C)c1ccccc1C(C)(C)c1ccccc1C(C)(C)C. The van der Waals surface area contributed by atoms with Crippen LogP contribution in [0.1, 0.15) is 77.6 Å². The van der Waals surface area contributed by atoms with Gasteiger partial charge < -0.3 is 0 Å². The van der Waals surface area contributed by atoms with Crippen molar-refractivity contribution < 1.29 is 0 Å². The summed E-state index contributed by atoms with van der Waals surface area (Å²) in [7, 11) is 0. The van der Waals surface area contributed by atoms with Crippen molar-refractivity contribution in [2.45, 2.75) is 71.6 Å². The molecule has 23 heavy (non-hydrogen) atoms. The largest absolute Gasteiger partial charge is 0.0620 e. The van der Waals surface area contributed by atoms with Crippen LogP contribution >= 0.6 is 0 Å². The Bertz CT molecular complexity index is 616. The zero-order valence-electron chi connectivity index (χ0n) is 16.1. The van der Waals surface area contributed by atoms with Crippen LogP contribution < -0.4 is 0 Å². The van der Waals surface area contributed by atoms with Gasteiger partial charge >= 0.3 is 0 Å². The highest BCUT2D eigenvalue weighted by atomic mass is 14.4. The minimum Gasteiger partial charge on any atom is -0.0620 e. The molecule has 0 radical (unpaired) electrons. The smallest absolute Gasteiger partial charge is 0.0152 e. The van der Waals surface area contributed by atoms with E-state index in [0.717, 1.165) is 0 Å². The average molecular weight is 309 g/mol. The fraction of sp³-hybridized carbons (Fsp3) is 0.478. The lowest BCUT2D eigenvalue weighted by molar-refractivity contribution is 0.527. The van der Waals surface area contributed by atoms with Crippen LogP contribution in [0.2, 0.25) is 0 Å². The van der Waals surface area contributed by atoms with E-state index in [0.29, 0.717) is 0 Å². The van der Waals surface area contributed by atoms with Crippen LogP contribution in [0.4, 0.5) is 0 Å². The lowest BCUT2D eigenvalue weighted by Gasteiger charge is -2.36. The molecule has 0 unspecified atom stereocenters. The summed E-state index contributed by atoms with van der Waals surface area (Å²) < 4.78 is 0. The van der Waals surface area contributed by atoms with E-state index in [1.54, 1.807) is 0 Å². The standard InChI is InChI=1S/C23H32/c1-21(2,3)17-13-9-11-15-19(17)23(7,8)20-16-12-10-14-18(20)22(4,5)6/h9-16H,1-8H3. The molecular weight excluding hydrogens is 276 g/mol. The maximum absolute atomic E-state index is 2.36. The Balaban J connectivity index is 2.71. The normalized spacial score (nSPS) is 13.2. The summed E-state index contributed by atoms with van der Waals surface area (Å²) in [5.74, 6) is 0. The maximum atomic E-state index is 2.36. The van der Waals surface area contributed by atoms with Gasteiger partial charge in [-0.3, -0.25) is 0 Å². The minimum atomic E-state index is -0.0201. The summed E-state index contributed by atoms with van der Waals surface area (Å²) in [5.41, 5.74) is 6.01. The summed E-state index contributed by atoms with van der Waals surface area (Å²) in [4.78, 5) is 0. The lowest BCUT2D eigenvalue weighted by Crippen LogP contribution is -2.29. The van der Waals surface area contributed by atoms with Crippen LogP contribution in [-0.4, -0.2) is 0 Å². The second-order valence-corrected chi connectivity index (χ2v) is 9.22. The molecule has 0 atom stereocenters. The number of hydrogen-bond acceptors (Lipinski definition) is 0. The highest BCUT2D eigenvalue weighted by Crippen LogP contribution is 2.41. The Hall–Kier alpha value is -1.56. The fourth-order valence-electron chi connectivity index (χ4n) is 3.51. The summed E-state index contributed by atoms with van der Waals surface area (Å²) in [5, 5.41) is 0. The molecule has 124 valence electrons. The van der Waals surface area contributed by atoms with Gasteiger partial charge in [0.1, 0.15) is 0 Å². The lowest BCUT2D eigenvalue weighted by atomic mass is 9.67. The highest BCUT2D eigenvalue weighted by Gasteiger charge is 2.33. The molecule has 0 aromatic heterocycles. The molecule has 0 spiro atoms. The molecule has 0 aliphatic heterocycles. The molecule has 0 bridgehead atoms. The third-order valence-corrected chi connectivity index (χ3v) is 4.82. The first-order valence-electron chi connectivity index (χ1n) is 8.65. The van der Waals surface area contributed by atoms with Gasteiger partial charge in [0.15, 0.2) is 0 Å². The molecule has 0 aliphatic rings. The molecule has 0 saturated heterocycles. The molecule has 0 N–H and O–H groups in total. The Labute approximate surface area is 143 Å². The van der Waals surface area contributed by atoms with Crippen molar-refractivity contribution in [3.05, 3.63) is 70.8 Å². The van der Waals surface area contributed by atoms with Gasteiger partial charge in [0.2, 0.25) is 0 Å². The highest BCUT2D eigenvalue weighted by molar-refractivity contribution is 5.49. The van der Waals surface area contributed by atoms with Crippen molar-refractivity contribution >= 4 is 0 Å². The minimum absolute atomic E-state index is 0.0201. The average Bonchev–Trinajstić information content (AvgIpc) is 2.45. The fourth-order valence-corrected chi connectivity index (χ4v) is 3.51. The Morgan fingerprint density at radius 1 is 0.435 bits per heavy atom. The molecule has 0 nitrogen and oxygen atoms in total. The van der Waals surface area contributed by atoms with E-state index in [4.69, 9.17) is 0 Å². The second kappa shape index (κ2) is 5.82. The van der Waals surface area contributed by atoms with Gasteiger partial charge in [0, 0.05) is 5.41 Å². The maximum Gasteiger partial charge on any atom is 0.0152 e. The van der Waals surface area contributed by atoms with Crippen molar-refractivity contribution in [3.63, 3.8) is 0 Å². The van der Waals surface area contributed by atoms with Crippen molar-refractivity contribution in [2.75, 3.05) is 0 Å². The van der Waals surface area contributed by atoms with Gasteiger partial charge in [0.05, 0.1) is 0 Å². The molecule has 2 aromatic rings. The van der Waals surface area contributed by atoms with E-state index in [1.165, 1.54) is 22.3 Å². The Morgan fingerprint density at radius 2 is 0.696 bits per heavy atom. The predicted molar refractivity (Wildman–Crippen MR) is 102 cm³/mol. The van der Waals surface area contributed by atoms with Gasteiger partial charge in [-0.05, 0) is 33.1 Å². The number of rotatable bonds is 2. The van der Waals surface area contributed by atoms with Crippen LogP contribution in [0.5, 0.6) is 0 Å². The zero-order valence-corrected chi connectivity index (χ0v) is 16.1. The van der Waals surface area contributed by atoms with Gasteiger partial charge in [0.25, 0.3) is 0 Å². The van der Waals surface area contributed by atoms with E-state index in [2.05, 4.69) is 104 Å². The van der Waals surface area contributed by atoms with Crippen LogP contribution in [0, 0.1) is 0 Å². The van der Waals surface area contributed by atoms with Crippen molar-refractivity contribution in [1.29, 1.82) is 0 Å². The first kappa shape index (κ1) is 17.8. The topological polar surface area (TPSA) is 0 Å². The third-order valence-electron chi connectivity index (χ3n) is 4.82.